The maximum atomic E-state index is 14.9. The Kier molecular flexibility index (Phi) is 26.4. The molecule has 8 N–H and O–H groups in total. The van der Waals surface area contributed by atoms with Crippen LogP contribution in [0.4, 0.5) is 9.59 Å². The fourth-order valence-corrected chi connectivity index (χ4v) is 8.61. The van der Waals surface area contributed by atoms with E-state index in [1.165, 1.54) is 12.1 Å². The second-order valence-electron chi connectivity index (χ2n) is 20.6. The minimum Gasteiger partial charge on any atom is -0.453 e. The molecule has 0 saturated carbocycles. The molecule has 0 bridgehead atoms. The number of hydrogen-bond donors (Lipinski definition) is 8. The summed E-state index contributed by atoms with van der Waals surface area (Å²) in [6.07, 6.45) is -5.59. The third-order valence-electron chi connectivity index (χ3n) is 12.6. The van der Waals surface area contributed by atoms with Crippen molar-refractivity contribution in [3.8, 4) is 11.3 Å². The van der Waals surface area contributed by atoms with Crippen molar-refractivity contribution in [3.63, 3.8) is 0 Å². The molecule has 4 amide bonds. The van der Waals surface area contributed by atoms with Crippen molar-refractivity contribution in [2.24, 2.45) is 16.7 Å². The minimum atomic E-state index is -2.00. The van der Waals surface area contributed by atoms with Crippen LogP contribution in [0.2, 0.25) is 0 Å². The van der Waals surface area contributed by atoms with Gasteiger partial charge in [-0.2, -0.15) is 0 Å². The van der Waals surface area contributed by atoms with Crippen molar-refractivity contribution >= 4 is 24.0 Å². The number of rotatable bonds is 32. The maximum absolute atomic E-state index is 14.9. The molecular formula is C54H82N6O16. The smallest absolute Gasteiger partial charge is 0.407 e. The van der Waals surface area contributed by atoms with Crippen LogP contribution in [0, 0.1) is 16.7 Å². The van der Waals surface area contributed by atoms with E-state index in [4.69, 9.17) is 37.9 Å². The van der Waals surface area contributed by atoms with Gasteiger partial charge in [-0.3, -0.25) is 20.0 Å². The van der Waals surface area contributed by atoms with E-state index >= 15 is 0 Å². The number of ether oxygens (including phenoxy) is 8. The molecule has 4 rings (SSSR count). The largest absolute Gasteiger partial charge is 0.453 e. The Morgan fingerprint density at radius 3 is 1.78 bits per heavy atom. The molecule has 2 aromatic carbocycles. The van der Waals surface area contributed by atoms with Gasteiger partial charge in [-0.05, 0) is 40.5 Å². The van der Waals surface area contributed by atoms with Crippen LogP contribution in [0.3, 0.4) is 0 Å². The number of hydrogen-bond acceptors (Lipinski definition) is 18. The lowest BCUT2D eigenvalue weighted by Gasteiger charge is -2.46. The van der Waals surface area contributed by atoms with Gasteiger partial charge in [0.25, 0.3) is 5.91 Å². The Bertz CT molecular complexity index is 2150. The second kappa shape index (κ2) is 31.8. The van der Waals surface area contributed by atoms with Crippen LogP contribution in [0.1, 0.15) is 59.1 Å². The Balaban J connectivity index is 1.65. The van der Waals surface area contributed by atoms with Crippen LogP contribution >= 0.6 is 0 Å². The number of pyridine rings is 1. The monoisotopic (exact) mass is 1070 g/mol. The molecule has 1 aliphatic rings. The average molecular weight is 1070 g/mol. The van der Waals surface area contributed by atoms with Crippen LogP contribution in [0.5, 0.6) is 0 Å². The number of aliphatic hydroxyl groups is 4. The van der Waals surface area contributed by atoms with Gasteiger partial charge in [0.15, 0.2) is 6.29 Å². The predicted molar refractivity (Wildman–Crippen MR) is 279 cm³/mol. The number of amides is 4. The number of nitrogens with one attached hydrogen (secondary N) is 4. The lowest BCUT2D eigenvalue weighted by molar-refractivity contribution is -0.220. The van der Waals surface area contributed by atoms with Crippen molar-refractivity contribution in [2.45, 2.75) is 103 Å². The van der Waals surface area contributed by atoms with E-state index in [-0.39, 0.29) is 45.9 Å². The van der Waals surface area contributed by atoms with Crippen molar-refractivity contribution in [2.75, 3.05) is 93.4 Å². The molecule has 424 valence electrons. The number of aliphatic hydroxyl groups excluding tert-OH is 4. The SMILES string of the molecule is COCCOCCOCCOCCOCCOC(=O)N[C@@H](C(=O)N[C@@H](Cc1ccccc1)[C@H](CN(Cc1ccc(-c2ccccn2)cc1)NC(=O)[C@H](NC(=O)OC)C(C)(C)C)[C@@]1([C@H](O)CO)C[C@@H](O)[C@@H](O)O1)C(C)(C)C. The third kappa shape index (κ3) is 20.5. The molecule has 0 unspecified atom stereocenters. The Hall–Kier alpha value is -5.37. The lowest BCUT2D eigenvalue weighted by atomic mass is 9.73. The van der Waals surface area contributed by atoms with E-state index in [9.17, 15) is 39.6 Å². The third-order valence-corrected chi connectivity index (χ3v) is 12.6. The zero-order chi connectivity index (χ0) is 55.7. The highest BCUT2D eigenvalue weighted by molar-refractivity contribution is 5.87. The summed E-state index contributed by atoms with van der Waals surface area (Å²) in [5, 5.41) is 54.9. The number of aromatic nitrogens is 1. The zero-order valence-corrected chi connectivity index (χ0v) is 45.2. The van der Waals surface area contributed by atoms with Gasteiger partial charge < -0.3 is 74.3 Å². The fourth-order valence-electron chi connectivity index (χ4n) is 8.61. The summed E-state index contributed by atoms with van der Waals surface area (Å²) in [5.74, 6) is -2.52. The molecule has 3 aromatic rings. The van der Waals surface area contributed by atoms with Crippen LogP contribution in [0.15, 0.2) is 79.0 Å². The quantitative estimate of drug-likeness (QED) is 0.0330. The molecule has 1 aromatic heterocycles. The molecular weight excluding hydrogens is 989 g/mol. The van der Waals surface area contributed by atoms with E-state index in [1.807, 2.05) is 60.7 Å². The average Bonchev–Trinajstić information content (AvgIpc) is 3.70. The van der Waals surface area contributed by atoms with Crippen LogP contribution in [0.25, 0.3) is 11.3 Å². The van der Waals surface area contributed by atoms with E-state index in [0.29, 0.717) is 50.8 Å². The number of methoxy groups -OCH3 is 2. The highest BCUT2D eigenvalue weighted by atomic mass is 16.6. The molecule has 0 aliphatic carbocycles. The number of hydrazine groups is 1. The molecule has 76 heavy (non-hydrogen) atoms. The summed E-state index contributed by atoms with van der Waals surface area (Å²) in [5.41, 5.74) is 2.13. The van der Waals surface area contributed by atoms with E-state index < -0.39 is 96.0 Å². The van der Waals surface area contributed by atoms with Gasteiger partial charge in [0, 0.05) is 50.3 Å². The van der Waals surface area contributed by atoms with Gasteiger partial charge in [-0.15, -0.1) is 0 Å². The topological polar surface area (TPSA) is 287 Å². The first kappa shape index (κ1) is 63.2. The van der Waals surface area contributed by atoms with E-state index in [0.717, 1.165) is 11.3 Å². The van der Waals surface area contributed by atoms with E-state index in [2.05, 4.69) is 26.4 Å². The molecule has 0 radical (unpaired) electrons. The highest BCUT2D eigenvalue weighted by Gasteiger charge is 2.57. The van der Waals surface area contributed by atoms with Gasteiger partial charge in [0.05, 0.1) is 78.9 Å². The first-order valence-corrected chi connectivity index (χ1v) is 25.5. The summed E-state index contributed by atoms with van der Waals surface area (Å²) >= 11 is 0. The second-order valence-corrected chi connectivity index (χ2v) is 20.6. The summed E-state index contributed by atoms with van der Waals surface area (Å²) in [7, 11) is 2.78. The van der Waals surface area contributed by atoms with E-state index in [1.54, 1.807) is 67.0 Å². The van der Waals surface area contributed by atoms with Crippen molar-refractivity contribution in [1.29, 1.82) is 0 Å². The summed E-state index contributed by atoms with van der Waals surface area (Å²) in [6, 6.07) is 18.5. The summed E-state index contributed by atoms with van der Waals surface area (Å²) in [6.45, 7) is 12.4. The summed E-state index contributed by atoms with van der Waals surface area (Å²) < 4.78 is 43.3. The van der Waals surface area contributed by atoms with Gasteiger partial charge in [0.2, 0.25) is 5.91 Å². The van der Waals surface area contributed by atoms with Crippen molar-refractivity contribution in [3.05, 3.63) is 90.1 Å². The minimum absolute atomic E-state index is 0.0154. The Morgan fingerprint density at radius 1 is 0.711 bits per heavy atom. The first-order chi connectivity index (χ1) is 36.2. The zero-order valence-electron chi connectivity index (χ0n) is 45.2. The molecule has 1 saturated heterocycles. The normalized spacial score (nSPS) is 18.8. The molecule has 2 heterocycles. The first-order valence-electron chi connectivity index (χ1n) is 25.5. The standard InChI is InChI=1S/C54H82N6O16/c1-52(2,3)45(58-51(68)75-31-30-74-29-28-73-27-26-72-25-24-71-23-22-69-7)47(64)56-42(32-37-14-10-9-11-15-37)40(54(44(63)36-61)33-43(62)49(66)76-54)35-60(59-48(65)46(53(4,5)6)57-50(67)70-8)34-38-17-19-39(20-18-38)41-16-12-13-21-55-41/h9-21,40,42-46,49,61-63,66H,22-36H2,1-8H3,(H,56,64)(H,57,67)(H,58,68)(H,59,65)/t40-,42-,43+,44+,45-,46-,49-,54+/m0/s1. The number of carbonyl (C=O) groups excluding carboxylic acids is 4. The van der Waals surface area contributed by atoms with Crippen LogP contribution in [-0.2, 0) is 60.4 Å². The van der Waals surface area contributed by atoms with Gasteiger partial charge >= 0.3 is 12.2 Å². The number of alkyl carbamates (subject to hydrolysis) is 2. The number of carbonyl (C=O) groups is 4. The lowest BCUT2D eigenvalue weighted by Crippen LogP contribution is -2.65. The molecule has 22 nitrogen and oxygen atoms in total. The van der Waals surface area contributed by atoms with Crippen molar-refractivity contribution in [1.82, 2.24) is 31.4 Å². The fraction of sp³-hybridized carbons (Fsp3) is 0.611. The number of nitrogens with zero attached hydrogens (tertiary/aromatic N) is 2. The van der Waals surface area contributed by atoms with Gasteiger partial charge in [-0.1, -0.05) is 102 Å². The highest BCUT2D eigenvalue weighted by Crippen LogP contribution is 2.42. The summed E-state index contributed by atoms with van der Waals surface area (Å²) in [4.78, 5) is 60.0. The van der Waals surface area contributed by atoms with Crippen LogP contribution in [-0.4, -0.2) is 190 Å². The molecule has 0 spiro atoms. The van der Waals surface area contributed by atoms with Crippen molar-refractivity contribution < 1.29 is 77.5 Å². The Morgan fingerprint density at radius 2 is 1.26 bits per heavy atom. The predicted octanol–water partition coefficient (Wildman–Crippen LogP) is 2.74. The number of benzene rings is 2. The van der Waals surface area contributed by atoms with Crippen LogP contribution < -0.4 is 21.4 Å². The molecule has 1 fully saturated rings. The Labute approximate surface area is 446 Å². The maximum Gasteiger partial charge on any atom is 0.407 e. The molecule has 8 atom stereocenters. The molecule has 22 heteroatoms. The molecule has 1 aliphatic heterocycles. The van der Waals surface area contributed by atoms with Gasteiger partial charge in [-0.25, -0.2) is 14.6 Å². The van der Waals surface area contributed by atoms with Gasteiger partial charge in [0.1, 0.15) is 36.5 Å².